The number of carbonyl (C=O) groups excluding carboxylic acids is 1. The van der Waals surface area contributed by atoms with Crippen molar-refractivity contribution in [3.8, 4) is 0 Å². The molecule has 3 unspecified atom stereocenters. The molecule has 1 aromatic heterocycles. The first-order valence-electron chi connectivity index (χ1n) is 8.29. The zero-order valence-corrected chi connectivity index (χ0v) is 13.3. The fourth-order valence-corrected chi connectivity index (χ4v) is 3.93. The number of hydrogen-bond donors (Lipinski definition) is 1. The molecule has 2 aromatic rings. The normalized spacial score (nSPS) is 25.9. The van der Waals surface area contributed by atoms with E-state index in [9.17, 15) is 9.18 Å². The van der Waals surface area contributed by atoms with Crippen molar-refractivity contribution in [3.63, 3.8) is 0 Å². The van der Waals surface area contributed by atoms with Crippen molar-refractivity contribution in [2.24, 2.45) is 17.6 Å². The second-order valence-electron chi connectivity index (χ2n) is 6.81. The highest BCUT2D eigenvalue weighted by Gasteiger charge is 2.42. The smallest absolute Gasteiger partial charge is 0.276 e. The summed E-state index contributed by atoms with van der Waals surface area (Å²) in [5, 5.41) is 7.98. The maximum Gasteiger partial charge on any atom is 0.276 e. The van der Waals surface area contributed by atoms with Crippen molar-refractivity contribution >= 4 is 5.91 Å². The van der Waals surface area contributed by atoms with E-state index in [-0.39, 0.29) is 17.8 Å². The number of nitrogens with two attached hydrogens (primary N) is 1. The van der Waals surface area contributed by atoms with E-state index < -0.39 is 0 Å². The van der Waals surface area contributed by atoms with Crippen molar-refractivity contribution in [2.45, 2.75) is 25.4 Å². The van der Waals surface area contributed by atoms with Gasteiger partial charge in [0.15, 0.2) is 5.69 Å². The third-order valence-corrected chi connectivity index (χ3v) is 5.19. The standard InChI is InChI=1S/C17H20FN5O/c18-13-3-1-2-11(6-13)7-23-10-16(20-21-23)17(24)22-8-12-4-5-15(19)14(12)9-22/h1-3,6,10,12,14-15H,4-5,7-9,19H2. The molecule has 1 amide bonds. The number of fused-ring (bicyclic) bond motifs is 1. The largest absolute Gasteiger partial charge is 0.337 e. The van der Waals surface area contributed by atoms with Crippen LogP contribution in [-0.4, -0.2) is 44.9 Å². The van der Waals surface area contributed by atoms with E-state index in [0.717, 1.165) is 24.9 Å². The Kier molecular flexibility index (Phi) is 3.80. The lowest BCUT2D eigenvalue weighted by molar-refractivity contribution is 0.0773. The molecule has 1 aliphatic carbocycles. The van der Waals surface area contributed by atoms with Crippen molar-refractivity contribution in [1.82, 2.24) is 19.9 Å². The highest BCUT2D eigenvalue weighted by atomic mass is 19.1. The Morgan fingerprint density at radius 2 is 2.21 bits per heavy atom. The number of benzene rings is 1. The van der Waals surface area contributed by atoms with E-state index in [1.54, 1.807) is 16.9 Å². The molecule has 7 heteroatoms. The van der Waals surface area contributed by atoms with Crippen LogP contribution in [0.2, 0.25) is 0 Å². The second-order valence-corrected chi connectivity index (χ2v) is 6.81. The maximum atomic E-state index is 13.2. The van der Waals surface area contributed by atoms with Gasteiger partial charge in [-0.05, 0) is 42.4 Å². The molecule has 2 fully saturated rings. The molecular weight excluding hydrogens is 309 g/mol. The summed E-state index contributed by atoms with van der Waals surface area (Å²) >= 11 is 0. The van der Waals surface area contributed by atoms with Crippen LogP contribution in [0.4, 0.5) is 4.39 Å². The van der Waals surface area contributed by atoms with Gasteiger partial charge in [0.05, 0.1) is 12.7 Å². The molecule has 3 atom stereocenters. The lowest BCUT2D eigenvalue weighted by atomic mass is 9.98. The van der Waals surface area contributed by atoms with E-state index in [1.807, 2.05) is 11.0 Å². The zero-order valence-electron chi connectivity index (χ0n) is 13.3. The van der Waals surface area contributed by atoms with Crippen LogP contribution < -0.4 is 5.73 Å². The van der Waals surface area contributed by atoms with Gasteiger partial charge in [0, 0.05) is 19.1 Å². The van der Waals surface area contributed by atoms with Gasteiger partial charge in [0.2, 0.25) is 0 Å². The number of aromatic nitrogens is 3. The quantitative estimate of drug-likeness (QED) is 0.920. The molecule has 2 heterocycles. The fraction of sp³-hybridized carbons (Fsp3) is 0.471. The second kappa shape index (κ2) is 5.98. The molecule has 0 radical (unpaired) electrons. The Labute approximate surface area is 139 Å². The van der Waals surface area contributed by atoms with Gasteiger partial charge in [-0.1, -0.05) is 17.3 Å². The Hall–Kier alpha value is -2.28. The first kappa shape index (κ1) is 15.3. The van der Waals surface area contributed by atoms with Crippen molar-refractivity contribution in [1.29, 1.82) is 0 Å². The summed E-state index contributed by atoms with van der Waals surface area (Å²) in [6, 6.07) is 6.52. The van der Waals surface area contributed by atoms with E-state index >= 15 is 0 Å². The van der Waals surface area contributed by atoms with Crippen molar-refractivity contribution in [3.05, 3.63) is 47.5 Å². The predicted molar refractivity (Wildman–Crippen MR) is 85.6 cm³/mol. The number of hydrogen-bond acceptors (Lipinski definition) is 4. The lowest BCUT2D eigenvalue weighted by Crippen LogP contribution is -2.33. The first-order chi connectivity index (χ1) is 11.6. The number of halogens is 1. The third-order valence-electron chi connectivity index (χ3n) is 5.19. The molecule has 0 spiro atoms. The van der Waals surface area contributed by atoms with Crippen LogP contribution in [-0.2, 0) is 6.54 Å². The first-order valence-corrected chi connectivity index (χ1v) is 8.29. The van der Waals surface area contributed by atoms with E-state index in [2.05, 4.69) is 10.3 Å². The highest BCUT2D eigenvalue weighted by molar-refractivity contribution is 5.92. The summed E-state index contributed by atoms with van der Waals surface area (Å²) in [6.07, 6.45) is 3.78. The molecule has 24 heavy (non-hydrogen) atoms. The van der Waals surface area contributed by atoms with E-state index in [4.69, 9.17) is 5.73 Å². The average Bonchev–Trinajstić information content (AvgIpc) is 3.25. The molecule has 6 nitrogen and oxygen atoms in total. The van der Waals surface area contributed by atoms with Gasteiger partial charge in [-0.15, -0.1) is 5.10 Å². The molecule has 2 aliphatic rings. The van der Waals surface area contributed by atoms with Crippen LogP contribution in [0.1, 0.15) is 28.9 Å². The van der Waals surface area contributed by atoms with Crippen LogP contribution in [0.15, 0.2) is 30.5 Å². The summed E-state index contributed by atoms with van der Waals surface area (Å²) in [6.45, 7) is 1.85. The molecular formula is C17H20FN5O. The van der Waals surface area contributed by atoms with Gasteiger partial charge in [0.1, 0.15) is 5.82 Å². The van der Waals surface area contributed by atoms with Gasteiger partial charge < -0.3 is 10.6 Å². The monoisotopic (exact) mass is 329 g/mol. The molecule has 126 valence electrons. The highest BCUT2D eigenvalue weighted by Crippen LogP contribution is 2.37. The SMILES string of the molecule is NC1CCC2CN(C(=O)c3cn(Cc4cccc(F)c4)nn3)CC12. The molecule has 1 aromatic carbocycles. The summed E-state index contributed by atoms with van der Waals surface area (Å²) in [5.74, 6) is 0.550. The van der Waals surface area contributed by atoms with E-state index in [0.29, 0.717) is 30.6 Å². The Bertz CT molecular complexity index is 761. The fourth-order valence-electron chi connectivity index (χ4n) is 3.93. The van der Waals surface area contributed by atoms with Gasteiger partial charge >= 0.3 is 0 Å². The molecule has 4 rings (SSSR count). The van der Waals surface area contributed by atoms with Crippen LogP contribution in [0.3, 0.4) is 0 Å². The van der Waals surface area contributed by atoms with Gasteiger partial charge in [-0.3, -0.25) is 4.79 Å². The Balaban J connectivity index is 1.44. The topological polar surface area (TPSA) is 77.0 Å². The van der Waals surface area contributed by atoms with Crippen molar-refractivity contribution < 1.29 is 9.18 Å². The third kappa shape index (κ3) is 2.80. The summed E-state index contributed by atoms with van der Waals surface area (Å²) in [7, 11) is 0. The minimum Gasteiger partial charge on any atom is -0.337 e. The number of carbonyl (C=O) groups is 1. The number of rotatable bonds is 3. The van der Waals surface area contributed by atoms with Crippen LogP contribution in [0.5, 0.6) is 0 Å². The molecule has 1 saturated heterocycles. The van der Waals surface area contributed by atoms with Gasteiger partial charge in [-0.25, -0.2) is 9.07 Å². The number of nitrogens with zero attached hydrogens (tertiary/aromatic N) is 4. The number of amides is 1. The molecule has 1 saturated carbocycles. The number of likely N-dealkylation sites (tertiary alicyclic amines) is 1. The van der Waals surface area contributed by atoms with Gasteiger partial charge in [-0.2, -0.15) is 0 Å². The lowest BCUT2D eigenvalue weighted by Gasteiger charge is -2.17. The van der Waals surface area contributed by atoms with Crippen LogP contribution in [0.25, 0.3) is 0 Å². The van der Waals surface area contributed by atoms with Crippen molar-refractivity contribution in [2.75, 3.05) is 13.1 Å². The van der Waals surface area contributed by atoms with Crippen LogP contribution >= 0.6 is 0 Å². The summed E-state index contributed by atoms with van der Waals surface area (Å²) < 4.78 is 14.8. The Morgan fingerprint density at radius 1 is 1.33 bits per heavy atom. The molecule has 2 N–H and O–H groups in total. The minimum absolute atomic E-state index is 0.0953. The van der Waals surface area contributed by atoms with E-state index in [1.165, 1.54) is 12.1 Å². The molecule has 1 aliphatic heterocycles. The summed E-state index contributed by atoms with van der Waals surface area (Å²) in [5.41, 5.74) is 7.23. The average molecular weight is 329 g/mol. The maximum absolute atomic E-state index is 13.2. The summed E-state index contributed by atoms with van der Waals surface area (Å²) in [4.78, 5) is 14.5. The van der Waals surface area contributed by atoms with Gasteiger partial charge in [0.25, 0.3) is 5.91 Å². The Morgan fingerprint density at radius 3 is 3.00 bits per heavy atom. The molecule has 0 bridgehead atoms. The predicted octanol–water partition coefficient (Wildman–Crippen LogP) is 1.27. The zero-order chi connectivity index (χ0) is 16.7. The minimum atomic E-state index is -0.288. The van der Waals surface area contributed by atoms with Crippen LogP contribution in [0, 0.1) is 17.7 Å².